The molecule has 0 heterocycles. The zero-order valence-corrected chi connectivity index (χ0v) is 12.6. The van der Waals surface area contributed by atoms with Crippen molar-refractivity contribution in [2.75, 3.05) is 0 Å². The highest BCUT2D eigenvalue weighted by atomic mass is 19.4. The molecule has 0 aromatic rings. The molecular weight excluding hydrogens is 497 g/mol. The van der Waals surface area contributed by atoms with Crippen LogP contribution in [0, 0.1) is 0 Å². The first-order valence-corrected chi connectivity index (χ1v) is 6.29. The zero-order valence-electron chi connectivity index (χ0n) is 12.6. The van der Waals surface area contributed by atoms with Crippen LogP contribution in [0.4, 0.5) is 83.4 Å². The molecule has 1 aliphatic rings. The standard InChI is InChI=1S/C10F19O/c11-1(12)2(13,14)4(17,18)6(21,22)8(25,26)10(29,30)9(27,28)7(23,24)5(19,20)3(1,15)16. The lowest BCUT2D eigenvalue weighted by Crippen LogP contribution is -2.83. The second-order valence-electron chi connectivity index (χ2n) is 5.76. The van der Waals surface area contributed by atoms with Gasteiger partial charge in [0.1, 0.15) is 0 Å². The Bertz CT molecular complexity index is 463. The van der Waals surface area contributed by atoms with Gasteiger partial charge in [0, 0.05) is 0 Å². The predicted molar refractivity (Wildman–Crippen MR) is 49.0 cm³/mol. The lowest BCUT2D eigenvalue weighted by Gasteiger charge is -2.49. The number of hydrogen-bond acceptors (Lipinski definition) is 0. The molecule has 0 atom stereocenters. The first kappa shape index (κ1) is 26.7. The highest BCUT2D eigenvalue weighted by Gasteiger charge is 3.03. The zero-order chi connectivity index (χ0) is 25.0. The maximum absolute atomic E-state index is 13.2. The van der Waals surface area contributed by atoms with Crippen LogP contribution in [-0.2, 0) is 5.11 Å². The Balaban J connectivity index is 4.35. The van der Waals surface area contributed by atoms with Crippen LogP contribution in [0.3, 0.4) is 0 Å². The molecule has 1 fully saturated rings. The predicted octanol–water partition coefficient (Wildman–Crippen LogP) is 5.81. The van der Waals surface area contributed by atoms with Crippen LogP contribution >= 0.6 is 0 Å². The number of alkyl halides is 19. The molecule has 0 N–H and O–H groups in total. The third-order valence-electron chi connectivity index (χ3n) is 3.96. The molecule has 30 heavy (non-hydrogen) atoms. The van der Waals surface area contributed by atoms with E-state index in [1.807, 2.05) is 0 Å². The van der Waals surface area contributed by atoms with Crippen molar-refractivity contribution in [1.82, 2.24) is 0 Å². The Labute approximate surface area is 149 Å². The van der Waals surface area contributed by atoms with Gasteiger partial charge in [0.2, 0.25) is 0 Å². The van der Waals surface area contributed by atoms with Crippen molar-refractivity contribution in [2.24, 2.45) is 0 Å². The molecule has 1 rings (SSSR count). The van der Waals surface area contributed by atoms with Crippen LogP contribution in [0.25, 0.3) is 0 Å². The van der Waals surface area contributed by atoms with Crippen molar-refractivity contribution in [3.8, 4) is 0 Å². The van der Waals surface area contributed by atoms with Gasteiger partial charge in [0.15, 0.2) is 0 Å². The summed E-state index contributed by atoms with van der Waals surface area (Å²) in [5.74, 6) is -88.4. The van der Waals surface area contributed by atoms with Gasteiger partial charge in [-0.15, -0.1) is 0 Å². The average Bonchev–Trinajstić information content (AvgIpc) is 2.51. The van der Waals surface area contributed by atoms with Gasteiger partial charge in [-0.25, -0.2) is 0 Å². The molecule has 1 saturated carbocycles. The van der Waals surface area contributed by atoms with E-state index in [1.54, 1.807) is 0 Å². The third-order valence-corrected chi connectivity index (χ3v) is 3.96. The molecular formula is C10F19O. The Morgan fingerprint density at radius 1 is 0.233 bits per heavy atom. The van der Waals surface area contributed by atoms with Crippen molar-refractivity contribution in [3.05, 3.63) is 0 Å². The van der Waals surface area contributed by atoms with Crippen LogP contribution < -0.4 is 0 Å². The summed E-state index contributed by atoms with van der Waals surface area (Å²) in [5, 5.41) is 10.6. The summed E-state index contributed by atoms with van der Waals surface area (Å²) in [6.45, 7) is 0. The molecule has 0 aromatic heterocycles. The molecule has 0 saturated heterocycles. The van der Waals surface area contributed by atoms with E-state index in [0.29, 0.717) is 0 Å². The molecule has 1 radical (unpaired) electrons. The van der Waals surface area contributed by atoms with Crippen LogP contribution in [0.5, 0.6) is 0 Å². The molecule has 179 valence electrons. The van der Waals surface area contributed by atoms with E-state index in [1.165, 1.54) is 0 Å². The molecule has 20 heteroatoms. The summed E-state index contributed by atoms with van der Waals surface area (Å²) in [7, 11) is 0. The molecule has 0 aromatic carbocycles. The Hall–Kier alpha value is -1.37. The van der Waals surface area contributed by atoms with Crippen LogP contribution in [0.2, 0.25) is 0 Å². The van der Waals surface area contributed by atoms with Crippen LogP contribution in [0.1, 0.15) is 0 Å². The van der Waals surface area contributed by atoms with E-state index in [2.05, 4.69) is 0 Å². The monoisotopic (exact) mass is 497 g/mol. The highest BCUT2D eigenvalue weighted by molar-refractivity contribution is 5.23. The molecule has 0 aliphatic heterocycles. The Morgan fingerprint density at radius 3 is 0.467 bits per heavy atom. The van der Waals surface area contributed by atoms with Gasteiger partial charge >= 0.3 is 59.2 Å². The van der Waals surface area contributed by atoms with E-state index >= 15 is 0 Å². The maximum atomic E-state index is 13.2. The normalized spacial score (nSPS) is 34.0. The van der Waals surface area contributed by atoms with E-state index in [9.17, 15) is 88.5 Å². The fourth-order valence-electron chi connectivity index (χ4n) is 1.98. The minimum atomic E-state index is -8.90. The van der Waals surface area contributed by atoms with Crippen LogP contribution in [0.15, 0.2) is 0 Å². The SMILES string of the molecule is [O]C1(F)C(F)(F)C(F)(F)C(F)(F)C(F)(F)C(F)(F)C(F)(F)C(F)(F)C(F)(F)C1(F)F. The van der Waals surface area contributed by atoms with Crippen molar-refractivity contribution in [1.29, 1.82) is 0 Å². The van der Waals surface area contributed by atoms with Gasteiger partial charge in [-0.1, -0.05) is 0 Å². The summed E-state index contributed by atoms with van der Waals surface area (Å²) in [4.78, 5) is 0. The first-order valence-electron chi connectivity index (χ1n) is 6.29. The van der Waals surface area contributed by atoms with Gasteiger partial charge in [-0.05, 0) is 0 Å². The minimum absolute atomic E-state index is 8.67. The molecule has 1 nitrogen and oxygen atoms in total. The molecule has 0 amide bonds. The summed E-state index contributed by atoms with van der Waals surface area (Å²) in [6.07, 6.45) is 0. The lowest BCUT2D eigenvalue weighted by molar-refractivity contribution is -0.520. The van der Waals surface area contributed by atoms with E-state index < -0.39 is 59.2 Å². The smallest absolute Gasteiger partial charge is 0.195 e. The van der Waals surface area contributed by atoms with Crippen molar-refractivity contribution in [2.45, 2.75) is 59.2 Å². The molecule has 1 aliphatic carbocycles. The van der Waals surface area contributed by atoms with Crippen molar-refractivity contribution < 1.29 is 88.5 Å². The Morgan fingerprint density at radius 2 is 0.333 bits per heavy atom. The quantitative estimate of drug-likeness (QED) is 0.377. The first-order chi connectivity index (χ1) is 12.5. The van der Waals surface area contributed by atoms with E-state index in [0.717, 1.165) is 0 Å². The summed E-state index contributed by atoms with van der Waals surface area (Å²) in [5.41, 5.74) is 0. The largest absolute Gasteiger partial charge is 0.385 e. The third kappa shape index (κ3) is 2.23. The van der Waals surface area contributed by atoms with Gasteiger partial charge in [0.05, 0.1) is 0 Å². The van der Waals surface area contributed by atoms with Crippen molar-refractivity contribution in [3.63, 3.8) is 0 Å². The fourth-order valence-corrected chi connectivity index (χ4v) is 1.98. The molecule has 0 bridgehead atoms. The second kappa shape index (κ2) is 5.70. The summed E-state index contributed by atoms with van der Waals surface area (Å²) >= 11 is 0. The molecule has 0 spiro atoms. The van der Waals surface area contributed by atoms with Gasteiger partial charge < -0.3 is 0 Å². The van der Waals surface area contributed by atoms with E-state index in [-0.39, 0.29) is 0 Å². The summed E-state index contributed by atoms with van der Waals surface area (Å²) in [6, 6.07) is 0. The van der Waals surface area contributed by atoms with Crippen LogP contribution in [-0.4, -0.2) is 59.2 Å². The fraction of sp³-hybridized carbons (Fsp3) is 1.00. The minimum Gasteiger partial charge on any atom is -0.195 e. The topological polar surface area (TPSA) is 19.9 Å². The average molecular weight is 497 g/mol. The van der Waals surface area contributed by atoms with Gasteiger partial charge in [0.25, 0.3) is 0 Å². The molecule has 0 unspecified atom stereocenters. The summed E-state index contributed by atoms with van der Waals surface area (Å²) < 4.78 is 249. The van der Waals surface area contributed by atoms with Crippen molar-refractivity contribution >= 4 is 0 Å². The van der Waals surface area contributed by atoms with Gasteiger partial charge in [-0.2, -0.15) is 88.5 Å². The maximum Gasteiger partial charge on any atom is 0.385 e. The number of hydrogen-bond donors (Lipinski definition) is 0. The highest BCUT2D eigenvalue weighted by Crippen LogP contribution is 2.70. The number of halogens is 19. The Kier molecular flexibility index (Phi) is 5.07. The number of rotatable bonds is 0. The van der Waals surface area contributed by atoms with Gasteiger partial charge in [-0.3, -0.25) is 0 Å². The lowest BCUT2D eigenvalue weighted by atomic mass is 9.79. The second-order valence-corrected chi connectivity index (χ2v) is 5.76. The van der Waals surface area contributed by atoms with E-state index in [4.69, 9.17) is 0 Å².